The third-order valence-electron chi connectivity index (χ3n) is 0.335. The van der Waals surface area contributed by atoms with E-state index >= 15 is 0 Å². The van der Waals surface area contributed by atoms with Crippen molar-refractivity contribution in [3.05, 3.63) is 0 Å². The molecule has 0 aromatic heterocycles. The predicted molar refractivity (Wildman–Crippen MR) is 38.5 cm³/mol. The van der Waals surface area contributed by atoms with Gasteiger partial charge in [0, 0.05) is 20.6 Å². The summed E-state index contributed by atoms with van der Waals surface area (Å²) in [7, 11) is -3.94. The van der Waals surface area contributed by atoms with E-state index in [1.54, 1.807) is 0 Å². The van der Waals surface area contributed by atoms with Crippen molar-refractivity contribution in [3.8, 4) is 0 Å². The van der Waals surface area contributed by atoms with Crippen molar-refractivity contribution in [2.75, 3.05) is 18.3 Å². The van der Waals surface area contributed by atoms with E-state index in [1.165, 1.54) is 0 Å². The molecule has 7 heavy (non-hydrogen) atoms. The van der Waals surface area contributed by atoms with Crippen LogP contribution in [0.1, 0.15) is 41.1 Å². The van der Waals surface area contributed by atoms with Crippen LogP contribution in [0.2, 0.25) is 0 Å². The maximum atomic E-state index is 7.56. The Hall–Kier alpha value is 0.430. The molecule has 0 radical (unpaired) electrons. The monoisotopic (exact) mass is 133 g/mol. The number of rotatable bonds is 3. The Kier molecular flexibility index (Phi) is 0.438. The average molecular weight is 133 g/mol. The van der Waals surface area contributed by atoms with Crippen LogP contribution in [0.3, 0.4) is 0 Å². The molecular formula is C6H15P. The molecule has 0 aliphatic carbocycles. The molecule has 44 valence electrons. The maximum absolute atomic E-state index is 7.56. The molecule has 0 fully saturated rings. The van der Waals surface area contributed by atoms with E-state index in [-0.39, 0.29) is 0 Å². The molecule has 1 heteroatoms. The van der Waals surface area contributed by atoms with Gasteiger partial charge < -0.3 is 0 Å². The first-order valence-corrected chi connectivity index (χ1v) is 2.76. The van der Waals surface area contributed by atoms with Gasteiger partial charge in [-0.25, -0.2) is 0 Å². The minimum atomic E-state index is -3.94. The fourth-order valence-corrected chi connectivity index (χ4v) is 0.252. The molecular weight excluding hydrogens is 103 g/mol. The lowest BCUT2D eigenvalue weighted by molar-refractivity contribution is 1.35. The zero-order valence-corrected chi connectivity index (χ0v) is 4.34. The highest BCUT2D eigenvalue weighted by Gasteiger charge is 1.94. The second-order valence-electron chi connectivity index (χ2n) is 0.671. The Balaban J connectivity index is 6.53. The largest absolute Gasteiger partial charge is 0.108 e. The van der Waals surface area contributed by atoms with Gasteiger partial charge >= 0.3 is 0 Å². The molecule has 0 saturated carbocycles. The van der Waals surface area contributed by atoms with Gasteiger partial charge in [-0.1, -0.05) is 20.6 Å². The van der Waals surface area contributed by atoms with E-state index in [2.05, 4.69) is 0 Å². The number of hydrogen-bond acceptors (Lipinski definition) is 0. The van der Waals surface area contributed by atoms with E-state index < -0.39 is 46.8 Å². The standard InChI is InChI=1S/C6H15P/c1-4-7(5-2)6-3/h4-6H2,1-3H3/i1D3,2D3,3D3,4D2,5D2,6D2. The van der Waals surface area contributed by atoms with Gasteiger partial charge in [0.25, 0.3) is 0 Å². The molecule has 0 unspecified atom stereocenters. The Labute approximate surface area is 69.1 Å². The molecule has 0 aromatic carbocycles. The summed E-state index contributed by atoms with van der Waals surface area (Å²) in [5, 5.41) is 0. The fraction of sp³-hybridized carbons (Fsp3) is 1.00. The lowest BCUT2D eigenvalue weighted by Crippen LogP contribution is -1.83. The van der Waals surface area contributed by atoms with Gasteiger partial charge in [-0.05, 0) is 18.3 Å². The first-order chi connectivity index (χ1) is 9.12. The predicted octanol–water partition coefficient (Wildman–Crippen LogP) is 2.53. The van der Waals surface area contributed by atoms with Crippen molar-refractivity contribution in [3.63, 3.8) is 0 Å². The van der Waals surface area contributed by atoms with Crippen molar-refractivity contribution >= 4 is 7.92 Å². The summed E-state index contributed by atoms with van der Waals surface area (Å²) in [5.74, 6) is 0. The summed E-state index contributed by atoms with van der Waals surface area (Å²) in [6.07, 6.45) is -11.0. The van der Waals surface area contributed by atoms with Crippen molar-refractivity contribution in [2.24, 2.45) is 0 Å². The average Bonchev–Trinajstić information content (AvgIpc) is 2.09. The molecule has 0 bridgehead atoms. The zero-order chi connectivity index (χ0) is 18.6. The normalized spacial score (nSPS) is 53.6. The summed E-state index contributed by atoms with van der Waals surface area (Å²) in [6, 6.07) is 0. The molecule has 0 aromatic rings. The summed E-state index contributed by atoms with van der Waals surface area (Å²) in [5.41, 5.74) is 0. The van der Waals surface area contributed by atoms with Crippen LogP contribution < -0.4 is 0 Å². The summed E-state index contributed by atoms with van der Waals surface area (Å²) < 4.78 is 109. The van der Waals surface area contributed by atoms with Crippen molar-refractivity contribution in [1.29, 1.82) is 0 Å². The van der Waals surface area contributed by atoms with Crippen molar-refractivity contribution in [2.45, 2.75) is 20.6 Å². The Morgan fingerprint density at radius 3 is 2.00 bits per heavy atom. The highest BCUT2D eigenvalue weighted by Crippen LogP contribution is 2.32. The highest BCUT2D eigenvalue weighted by molar-refractivity contribution is 7.57. The van der Waals surface area contributed by atoms with Gasteiger partial charge in [0.2, 0.25) is 0 Å². The number of hydrogen-bond donors (Lipinski definition) is 0. The van der Waals surface area contributed by atoms with Gasteiger partial charge in [-0.15, -0.1) is 7.92 Å². The van der Waals surface area contributed by atoms with E-state index in [9.17, 15) is 0 Å². The molecule has 0 spiro atoms. The van der Waals surface area contributed by atoms with Gasteiger partial charge in [0.05, 0.1) is 0 Å². The van der Waals surface area contributed by atoms with Crippen LogP contribution in [0.4, 0.5) is 0 Å². The summed E-state index contributed by atoms with van der Waals surface area (Å²) in [4.78, 5) is 0. The Morgan fingerprint density at radius 2 is 1.71 bits per heavy atom. The summed E-state index contributed by atoms with van der Waals surface area (Å²) >= 11 is 0. The van der Waals surface area contributed by atoms with E-state index in [0.29, 0.717) is 0 Å². The van der Waals surface area contributed by atoms with Crippen molar-refractivity contribution in [1.82, 2.24) is 0 Å². The molecule has 0 aliphatic heterocycles. The summed E-state index contributed by atoms with van der Waals surface area (Å²) in [6.45, 7) is -10.8. The molecule has 0 amide bonds. The van der Waals surface area contributed by atoms with E-state index in [1.807, 2.05) is 0 Å². The first kappa shape index (κ1) is 0.669. The molecule has 0 heterocycles. The van der Waals surface area contributed by atoms with Gasteiger partial charge in [0.1, 0.15) is 0 Å². The fourth-order valence-electron chi connectivity index (χ4n) is 0.0839. The maximum Gasteiger partial charge on any atom is 0.0313 e. The van der Waals surface area contributed by atoms with Gasteiger partial charge in [-0.2, -0.15) is 0 Å². The zero-order valence-electron chi connectivity index (χ0n) is 18.4. The topological polar surface area (TPSA) is 0 Å². The lowest BCUT2D eigenvalue weighted by atomic mass is 10.9. The minimum Gasteiger partial charge on any atom is -0.108 e. The third-order valence-corrected chi connectivity index (χ3v) is 1.01. The third kappa shape index (κ3) is 3.05. The second-order valence-corrected chi connectivity index (χ2v) is 2.01. The van der Waals surface area contributed by atoms with Crippen LogP contribution in [0, 0.1) is 0 Å². The SMILES string of the molecule is [2H]C([2H])([2H])C([2H])([2H])P(C([2H])([2H])C([2H])([2H])[2H])C([2H])([2H])C([2H])([2H])[2H]. The first-order valence-electron chi connectivity index (χ1n) is 8.92. The smallest absolute Gasteiger partial charge is 0.0313 e. The lowest BCUT2D eigenvalue weighted by Gasteiger charge is -2.07. The van der Waals surface area contributed by atoms with E-state index in [4.69, 9.17) is 20.6 Å². The highest BCUT2D eigenvalue weighted by atomic mass is 31.1. The Morgan fingerprint density at radius 1 is 1.29 bits per heavy atom. The molecule has 0 rings (SSSR count). The minimum absolute atomic E-state index is 3.60. The molecule has 0 N–H and O–H groups in total. The van der Waals surface area contributed by atoms with Crippen LogP contribution in [-0.2, 0) is 0 Å². The van der Waals surface area contributed by atoms with Gasteiger partial charge in [-0.3, -0.25) is 0 Å². The Bertz CT molecular complexity index is 334. The van der Waals surface area contributed by atoms with Crippen molar-refractivity contribution < 1.29 is 20.6 Å². The van der Waals surface area contributed by atoms with Crippen LogP contribution in [0.25, 0.3) is 0 Å². The van der Waals surface area contributed by atoms with Crippen LogP contribution in [-0.4, -0.2) is 18.3 Å². The van der Waals surface area contributed by atoms with Gasteiger partial charge in [0.15, 0.2) is 0 Å². The quantitative estimate of drug-likeness (QED) is 0.519. The molecule has 0 nitrogen and oxygen atoms in total. The van der Waals surface area contributed by atoms with Crippen LogP contribution in [0.15, 0.2) is 0 Å². The van der Waals surface area contributed by atoms with Crippen LogP contribution in [0.5, 0.6) is 0 Å². The molecule has 0 atom stereocenters. The van der Waals surface area contributed by atoms with Crippen LogP contribution >= 0.6 is 7.92 Å². The second kappa shape index (κ2) is 4.59. The van der Waals surface area contributed by atoms with E-state index in [0.717, 1.165) is 0 Å². The molecule has 0 aliphatic rings. The molecule has 0 saturated heterocycles.